The van der Waals surface area contributed by atoms with Crippen LogP contribution < -0.4 is 5.32 Å². The molecule has 0 radical (unpaired) electrons. The van der Waals surface area contributed by atoms with Gasteiger partial charge in [0.05, 0.1) is 10.3 Å². The molecule has 7 heteroatoms. The number of hydrogen-bond acceptors (Lipinski definition) is 5. The maximum Gasteiger partial charge on any atom is 0.255 e. The number of aromatic nitrogens is 2. The first-order valence-electron chi connectivity index (χ1n) is 9.43. The Morgan fingerprint density at radius 2 is 1.79 bits per heavy atom. The van der Waals surface area contributed by atoms with E-state index in [2.05, 4.69) is 22.4 Å². The third kappa shape index (κ3) is 4.08. The molecule has 1 saturated heterocycles. The molecule has 1 amide bonds. The number of fused-ring (bicyclic) bond motifs is 1. The van der Waals surface area contributed by atoms with E-state index in [-0.39, 0.29) is 5.91 Å². The van der Waals surface area contributed by atoms with Gasteiger partial charge in [-0.1, -0.05) is 24.3 Å². The van der Waals surface area contributed by atoms with E-state index in [0.717, 1.165) is 21.9 Å². The van der Waals surface area contributed by atoms with Gasteiger partial charge in [-0.3, -0.25) is 9.20 Å². The molecule has 0 unspecified atom stereocenters. The van der Waals surface area contributed by atoms with Gasteiger partial charge in [-0.2, -0.15) is 0 Å². The maximum atomic E-state index is 12.6. The lowest BCUT2D eigenvalue weighted by Crippen LogP contribution is -2.12. The van der Waals surface area contributed by atoms with Gasteiger partial charge in [0, 0.05) is 34.6 Å². The molecule has 0 spiro atoms. The van der Waals surface area contributed by atoms with E-state index in [0.29, 0.717) is 10.1 Å². The van der Waals surface area contributed by atoms with E-state index < -0.39 is 0 Å². The second-order valence-electron chi connectivity index (χ2n) is 6.80. The van der Waals surface area contributed by atoms with Crippen molar-refractivity contribution in [3.05, 3.63) is 77.4 Å². The van der Waals surface area contributed by atoms with Gasteiger partial charge in [-0.15, -0.1) is 34.9 Å². The van der Waals surface area contributed by atoms with Crippen molar-refractivity contribution in [3.63, 3.8) is 0 Å². The highest BCUT2D eigenvalue weighted by Gasteiger charge is 2.17. The normalized spacial score (nSPS) is 14.9. The molecular formula is C22H19N3OS3. The Balaban J connectivity index is 1.26. The topological polar surface area (TPSA) is 46.4 Å². The molecule has 1 fully saturated rings. The fraction of sp³-hybridized carbons (Fsp3) is 0.182. The summed E-state index contributed by atoms with van der Waals surface area (Å²) in [7, 11) is 0. The van der Waals surface area contributed by atoms with Crippen molar-refractivity contribution in [2.24, 2.45) is 0 Å². The van der Waals surface area contributed by atoms with Gasteiger partial charge in [0.2, 0.25) is 0 Å². The Labute approximate surface area is 181 Å². The number of hydrogen-bond donors (Lipinski definition) is 1. The molecule has 3 heterocycles. The zero-order valence-corrected chi connectivity index (χ0v) is 18.0. The Kier molecular flexibility index (Phi) is 5.35. The molecule has 29 heavy (non-hydrogen) atoms. The molecule has 0 aliphatic carbocycles. The van der Waals surface area contributed by atoms with Crippen LogP contribution in [0.3, 0.4) is 0 Å². The van der Waals surface area contributed by atoms with Crippen LogP contribution >= 0.6 is 34.9 Å². The van der Waals surface area contributed by atoms with Gasteiger partial charge >= 0.3 is 0 Å². The van der Waals surface area contributed by atoms with Gasteiger partial charge in [-0.25, -0.2) is 4.98 Å². The highest BCUT2D eigenvalue weighted by atomic mass is 32.2. The van der Waals surface area contributed by atoms with E-state index in [4.69, 9.17) is 0 Å². The maximum absolute atomic E-state index is 12.6. The van der Waals surface area contributed by atoms with E-state index in [1.54, 1.807) is 11.3 Å². The van der Waals surface area contributed by atoms with Gasteiger partial charge in [0.15, 0.2) is 4.96 Å². The fourth-order valence-corrected chi connectivity index (χ4v) is 6.86. The van der Waals surface area contributed by atoms with Gasteiger partial charge < -0.3 is 5.32 Å². The molecule has 5 rings (SSSR count). The number of rotatable bonds is 4. The van der Waals surface area contributed by atoms with E-state index >= 15 is 0 Å². The van der Waals surface area contributed by atoms with Crippen LogP contribution in [-0.2, 0) is 0 Å². The number of imidazole rings is 1. The number of thioether (sulfide) groups is 2. The molecule has 1 aliphatic heterocycles. The van der Waals surface area contributed by atoms with Crippen LogP contribution in [0.15, 0.2) is 66.3 Å². The summed E-state index contributed by atoms with van der Waals surface area (Å²) in [5.41, 5.74) is 4.72. The summed E-state index contributed by atoms with van der Waals surface area (Å²) in [4.78, 5) is 18.2. The van der Waals surface area contributed by atoms with Gasteiger partial charge in [-0.05, 0) is 47.8 Å². The zero-order chi connectivity index (χ0) is 19.6. The number of carbonyl (C=O) groups excluding carboxylic acids is 1. The van der Waals surface area contributed by atoms with Crippen LogP contribution in [0.1, 0.15) is 26.9 Å². The van der Waals surface area contributed by atoms with Crippen molar-refractivity contribution in [2.45, 2.75) is 11.0 Å². The minimum Gasteiger partial charge on any atom is -0.322 e. The standard InChI is InChI=1S/C22H19N3OS3/c26-20(16-2-4-17(5-3-16)21-27-11-1-12-28-21)23-18-8-6-15(7-9-18)19-14-25-10-13-29-22(25)24-19/h2-10,13-14,21H,1,11-12H2,(H,23,26). The average molecular weight is 438 g/mol. The summed E-state index contributed by atoms with van der Waals surface area (Å²) in [6, 6.07) is 15.8. The van der Waals surface area contributed by atoms with E-state index in [9.17, 15) is 4.79 Å². The molecule has 1 N–H and O–H groups in total. The summed E-state index contributed by atoms with van der Waals surface area (Å²) >= 11 is 5.60. The SMILES string of the molecule is O=C(Nc1ccc(-c2cn3ccsc3n2)cc1)c1ccc(C2SCCCS2)cc1. The Hall–Kier alpha value is -2.22. The molecule has 0 saturated carbocycles. The minimum atomic E-state index is -0.0873. The highest BCUT2D eigenvalue weighted by molar-refractivity contribution is 8.16. The summed E-state index contributed by atoms with van der Waals surface area (Å²) in [5, 5.41) is 5.00. The van der Waals surface area contributed by atoms with Crippen LogP contribution in [-0.4, -0.2) is 26.8 Å². The fourth-order valence-electron chi connectivity index (χ4n) is 3.27. The molecule has 2 aromatic carbocycles. The lowest BCUT2D eigenvalue weighted by molar-refractivity contribution is 0.102. The van der Waals surface area contributed by atoms with Crippen molar-refractivity contribution < 1.29 is 4.79 Å². The lowest BCUT2D eigenvalue weighted by atomic mass is 10.1. The monoisotopic (exact) mass is 437 g/mol. The summed E-state index contributed by atoms with van der Waals surface area (Å²) < 4.78 is 2.51. The molecule has 0 bridgehead atoms. The van der Waals surface area contributed by atoms with Crippen LogP contribution in [0.4, 0.5) is 5.69 Å². The third-order valence-electron chi connectivity index (χ3n) is 4.80. The van der Waals surface area contributed by atoms with Crippen LogP contribution in [0.2, 0.25) is 0 Å². The number of amides is 1. The smallest absolute Gasteiger partial charge is 0.255 e. The van der Waals surface area contributed by atoms with Crippen molar-refractivity contribution >= 4 is 51.4 Å². The molecule has 0 atom stereocenters. The third-order valence-corrected chi connectivity index (χ3v) is 8.59. The van der Waals surface area contributed by atoms with E-state index in [1.807, 2.05) is 82.1 Å². The Morgan fingerprint density at radius 3 is 2.52 bits per heavy atom. The first-order chi connectivity index (χ1) is 14.3. The number of nitrogens with one attached hydrogen (secondary N) is 1. The average Bonchev–Trinajstić information content (AvgIpc) is 3.38. The van der Waals surface area contributed by atoms with Crippen molar-refractivity contribution in [1.82, 2.24) is 9.38 Å². The Bertz CT molecular complexity index is 1100. The second-order valence-corrected chi connectivity index (χ2v) is 10.4. The predicted octanol–water partition coefficient (Wildman–Crippen LogP) is 6.18. The Morgan fingerprint density at radius 1 is 1.03 bits per heavy atom. The largest absolute Gasteiger partial charge is 0.322 e. The van der Waals surface area contributed by atoms with Crippen LogP contribution in [0.25, 0.3) is 16.2 Å². The summed E-state index contributed by atoms with van der Waals surface area (Å²) in [6.07, 6.45) is 5.30. The van der Waals surface area contributed by atoms with Crippen molar-refractivity contribution in [2.75, 3.05) is 16.8 Å². The molecule has 146 valence electrons. The number of anilines is 1. The number of nitrogens with zero attached hydrogens (tertiary/aromatic N) is 2. The molecule has 4 aromatic rings. The first-order valence-corrected chi connectivity index (χ1v) is 12.4. The first kappa shape index (κ1) is 18.8. The number of benzene rings is 2. The molecule has 1 aliphatic rings. The van der Waals surface area contributed by atoms with Gasteiger partial charge in [0.25, 0.3) is 5.91 Å². The lowest BCUT2D eigenvalue weighted by Gasteiger charge is -2.21. The zero-order valence-electron chi connectivity index (χ0n) is 15.6. The quantitative estimate of drug-likeness (QED) is 0.414. The summed E-state index contributed by atoms with van der Waals surface area (Å²) in [6.45, 7) is 0. The molecular weight excluding hydrogens is 418 g/mol. The van der Waals surface area contributed by atoms with E-state index in [1.165, 1.54) is 23.5 Å². The minimum absolute atomic E-state index is 0.0873. The van der Waals surface area contributed by atoms with Gasteiger partial charge in [0.1, 0.15) is 0 Å². The van der Waals surface area contributed by atoms with Crippen LogP contribution in [0, 0.1) is 0 Å². The van der Waals surface area contributed by atoms with Crippen LogP contribution in [0.5, 0.6) is 0 Å². The molecule has 4 nitrogen and oxygen atoms in total. The molecule has 2 aromatic heterocycles. The van der Waals surface area contributed by atoms with Crippen molar-refractivity contribution in [3.8, 4) is 11.3 Å². The highest BCUT2D eigenvalue weighted by Crippen LogP contribution is 2.43. The summed E-state index contributed by atoms with van der Waals surface area (Å²) in [5.74, 6) is 2.34. The predicted molar refractivity (Wildman–Crippen MR) is 125 cm³/mol. The number of carbonyl (C=O) groups is 1. The number of thiazole rings is 1. The van der Waals surface area contributed by atoms with Crippen molar-refractivity contribution in [1.29, 1.82) is 0 Å². The second kappa shape index (κ2) is 8.26.